The monoisotopic (exact) mass is 439 g/mol. The van der Waals surface area contributed by atoms with E-state index in [4.69, 9.17) is 4.42 Å². The summed E-state index contributed by atoms with van der Waals surface area (Å²) in [6, 6.07) is 16.4. The molecule has 4 aromatic rings. The van der Waals surface area contributed by atoms with E-state index in [1.165, 1.54) is 14.3 Å². The van der Waals surface area contributed by atoms with Crippen molar-refractivity contribution in [2.24, 2.45) is 7.05 Å². The van der Waals surface area contributed by atoms with Gasteiger partial charge in [-0.1, -0.05) is 0 Å². The molecule has 0 aliphatic heterocycles. The molecule has 0 aliphatic carbocycles. The molecule has 0 fully saturated rings. The number of hydrogen-bond acceptors (Lipinski definition) is 3. The summed E-state index contributed by atoms with van der Waals surface area (Å²) in [5.74, 6) is 0. The molecule has 0 atom stereocenters. The van der Waals surface area contributed by atoms with E-state index in [9.17, 15) is 4.79 Å². The fourth-order valence-corrected chi connectivity index (χ4v) is 5.65. The first-order chi connectivity index (χ1) is 13.6. The zero-order chi connectivity index (χ0) is 19.7. The molecule has 0 bridgehead atoms. The van der Waals surface area contributed by atoms with Crippen molar-refractivity contribution >= 4 is 53.1 Å². The minimum atomic E-state index is -0.299. The molecule has 4 nitrogen and oxygen atoms in total. The summed E-state index contributed by atoms with van der Waals surface area (Å²) >= 11 is 0.248. The maximum atomic E-state index is 12.5. The van der Waals surface area contributed by atoms with E-state index in [1.807, 2.05) is 30.4 Å². The van der Waals surface area contributed by atoms with Gasteiger partial charge in [-0.15, -0.1) is 0 Å². The summed E-state index contributed by atoms with van der Waals surface area (Å²) in [7, 11) is 2.07. The van der Waals surface area contributed by atoms with E-state index in [2.05, 4.69) is 60.7 Å². The fourth-order valence-electron chi connectivity index (χ4n) is 3.44. The van der Waals surface area contributed by atoms with Gasteiger partial charge in [0.15, 0.2) is 0 Å². The molecule has 0 aliphatic rings. The van der Waals surface area contributed by atoms with Crippen LogP contribution in [-0.4, -0.2) is 27.6 Å². The number of aryl methyl sites for hydroxylation is 1. The summed E-state index contributed by atoms with van der Waals surface area (Å²) in [5, 5.41) is 0.939. The summed E-state index contributed by atoms with van der Waals surface area (Å²) in [5.41, 5.74) is 3.24. The average molecular weight is 438 g/mol. The Morgan fingerprint density at radius 3 is 2.61 bits per heavy atom. The molecule has 0 unspecified atom stereocenters. The number of aromatic nitrogens is 1. The van der Waals surface area contributed by atoms with Crippen LogP contribution in [0.1, 0.15) is 24.0 Å². The summed E-state index contributed by atoms with van der Waals surface area (Å²) in [6.07, 6.45) is 3.92. The van der Waals surface area contributed by atoms with Crippen molar-refractivity contribution in [3.05, 3.63) is 69.1 Å². The first-order valence-corrected chi connectivity index (χ1v) is 11.2. The molecular weight excluding hydrogens is 415 g/mol. The molecule has 0 radical (unpaired) electrons. The van der Waals surface area contributed by atoms with Crippen LogP contribution in [0.2, 0.25) is 0 Å². The van der Waals surface area contributed by atoms with Crippen molar-refractivity contribution < 1.29 is 8.98 Å². The van der Waals surface area contributed by atoms with Crippen molar-refractivity contribution in [1.82, 2.24) is 0 Å². The molecule has 4 rings (SSSR count). The Morgan fingerprint density at radius 1 is 1.07 bits per heavy atom. The van der Waals surface area contributed by atoms with Crippen LogP contribution < -0.4 is 15.1 Å². The van der Waals surface area contributed by atoms with Gasteiger partial charge < -0.3 is 0 Å². The number of hydrogen-bond donors (Lipinski definition) is 0. The average Bonchev–Trinajstić information content (AvgIpc) is 3.03. The van der Waals surface area contributed by atoms with E-state index in [0.717, 1.165) is 24.2 Å². The van der Waals surface area contributed by atoms with Crippen molar-refractivity contribution in [1.29, 1.82) is 0 Å². The van der Waals surface area contributed by atoms with E-state index >= 15 is 0 Å². The Hall–Kier alpha value is -2.62. The Morgan fingerprint density at radius 2 is 1.86 bits per heavy atom. The second-order valence-electron chi connectivity index (χ2n) is 6.68. The second kappa shape index (κ2) is 7.78. The van der Waals surface area contributed by atoms with Crippen molar-refractivity contribution in [2.75, 3.05) is 18.0 Å². The topological polar surface area (TPSA) is 37.3 Å². The van der Waals surface area contributed by atoms with Crippen LogP contribution in [0.3, 0.4) is 0 Å². The fraction of sp³-hybridized carbons (Fsp3) is 0.217. The van der Waals surface area contributed by atoms with Crippen molar-refractivity contribution in [3.8, 4) is 0 Å². The van der Waals surface area contributed by atoms with E-state index in [1.54, 1.807) is 0 Å². The number of para-hydroxylation sites is 1. The van der Waals surface area contributed by atoms with Gasteiger partial charge in [0, 0.05) is 0 Å². The summed E-state index contributed by atoms with van der Waals surface area (Å²) in [4.78, 5) is 14.7. The molecule has 0 saturated carbocycles. The molecule has 2 aromatic heterocycles. The Bertz CT molecular complexity index is 1230. The maximum absolute atomic E-state index is 12.5. The molecular formula is C23H23N2O2Se+. The number of nitrogens with zero attached hydrogens (tertiary/aromatic N) is 2. The van der Waals surface area contributed by atoms with Gasteiger partial charge in [0.1, 0.15) is 0 Å². The van der Waals surface area contributed by atoms with E-state index in [0.29, 0.717) is 11.1 Å². The van der Waals surface area contributed by atoms with Crippen molar-refractivity contribution in [2.45, 2.75) is 13.8 Å². The van der Waals surface area contributed by atoms with Gasteiger partial charge in [0.2, 0.25) is 0 Å². The SMILES string of the molecule is CCN(CC)c1ccc2cc(/C=C/c3[se]c4ccccc4[n+]3C)c(=O)oc2c1. The first-order valence-electron chi connectivity index (χ1n) is 9.49. The number of fused-ring (bicyclic) bond motifs is 2. The third kappa shape index (κ3) is 3.44. The Kier molecular flexibility index (Phi) is 5.21. The number of benzene rings is 2. The third-order valence-electron chi connectivity index (χ3n) is 5.05. The Labute approximate surface area is 170 Å². The van der Waals surface area contributed by atoms with Gasteiger partial charge >= 0.3 is 170 Å². The standard InChI is InChI=1S/C23H23N2O2Se/c1-4-25(5-2)18-12-10-16-14-17(23(26)27-20(16)15-18)11-13-22-24(3)19-8-6-7-9-21(19)28-22/h6-15H,4-5H2,1-3H3/q+1. The third-order valence-corrected chi connectivity index (χ3v) is 7.54. The number of anilines is 1. The molecule has 28 heavy (non-hydrogen) atoms. The molecule has 0 spiro atoms. The van der Waals surface area contributed by atoms with Crippen LogP contribution in [0.15, 0.2) is 57.7 Å². The predicted molar refractivity (Wildman–Crippen MR) is 117 cm³/mol. The molecule has 2 heterocycles. The molecule has 0 N–H and O–H groups in total. The normalized spacial score (nSPS) is 11.7. The molecule has 0 amide bonds. The van der Waals surface area contributed by atoms with Gasteiger partial charge in [-0.3, -0.25) is 0 Å². The zero-order valence-corrected chi connectivity index (χ0v) is 18.0. The van der Waals surface area contributed by atoms with Gasteiger partial charge in [0.25, 0.3) is 0 Å². The van der Waals surface area contributed by atoms with Gasteiger partial charge in [-0.2, -0.15) is 0 Å². The van der Waals surface area contributed by atoms with Crippen molar-refractivity contribution in [3.63, 3.8) is 0 Å². The van der Waals surface area contributed by atoms with Gasteiger partial charge in [-0.25, -0.2) is 0 Å². The van der Waals surface area contributed by atoms with Gasteiger partial charge in [-0.05, 0) is 0 Å². The van der Waals surface area contributed by atoms with Crippen LogP contribution >= 0.6 is 0 Å². The van der Waals surface area contributed by atoms with Crippen LogP contribution in [0.4, 0.5) is 5.69 Å². The number of rotatable bonds is 5. The minimum absolute atomic E-state index is 0.248. The van der Waals surface area contributed by atoms with E-state index < -0.39 is 0 Å². The van der Waals surface area contributed by atoms with Crippen LogP contribution in [-0.2, 0) is 7.05 Å². The molecule has 2 aromatic carbocycles. The van der Waals surface area contributed by atoms with E-state index in [-0.39, 0.29) is 20.1 Å². The van der Waals surface area contributed by atoms with Crippen LogP contribution in [0, 0.1) is 0 Å². The van der Waals surface area contributed by atoms with Gasteiger partial charge in [0.05, 0.1) is 0 Å². The van der Waals surface area contributed by atoms with Crippen LogP contribution in [0.25, 0.3) is 32.9 Å². The Balaban J connectivity index is 1.71. The molecule has 0 saturated heterocycles. The van der Waals surface area contributed by atoms with Crippen LogP contribution in [0.5, 0.6) is 0 Å². The second-order valence-corrected chi connectivity index (χ2v) is 8.91. The summed E-state index contributed by atoms with van der Waals surface area (Å²) < 4.78 is 10.4. The predicted octanol–water partition coefficient (Wildman–Crippen LogP) is 3.84. The zero-order valence-electron chi connectivity index (χ0n) is 16.3. The summed E-state index contributed by atoms with van der Waals surface area (Å²) in [6.45, 7) is 6.08. The first kappa shape index (κ1) is 18.7. The molecule has 142 valence electrons. The quantitative estimate of drug-likeness (QED) is 0.270. The molecule has 5 heteroatoms.